The largest absolute Gasteiger partial charge is 0.325 e. The highest BCUT2D eigenvalue weighted by Gasteiger charge is 2.39. The van der Waals surface area contributed by atoms with E-state index in [0.29, 0.717) is 6.42 Å². The first-order chi connectivity index (χ1) is 14.0. The van der Waals surface area contributed by atoms with Crippen LogP contribution in [0.15, 0.2) is 47.4 Å². The van der Waals surface area contributed by atoms with Crippen LogP contribution in [0.25, 0.3) is 0 Å². The standard InChI is InChI=1S/C18H19F2N3O5S2/c1-29(25,26)22-16-11-13(6-9-15(16)20)21-18(24)17-3-2-10-23(17)30(27,28)14-7-4-12(19)5-8-14/h4-9,11,17,22H,2-3,10H2,1H3,(H,21,24)/t17-/m1/s1. The van der Waals surface area contributed by atoms with Gasteiger partial charge in [0.15, 0.2) is 0 Å². The highest BCUT2D eigenvalue weighted by molar-refractivity contribution is 7.92. The number of nitrogens with one attached hydrogen (secondary N) is 2. The van der Waals surface area contributed by atoms with E-state index >= 15 is 0 Å². The number of nitrogens with zero attached hydrogens (tertiary/aromatic N) is 1. The van der Waals surface area contributed by atoms with Gasteiger partial charge in [-0.05, 0) is 55.3 Å². The summed E-state index contributed by atoms with van der Waals surface area (Å²) in [6.45, 7) is 0.113. The van der Waals surface area contributed by atoms with Gasteiger partial charge < -0.3 is 5.32 Å². The molecule has 30 heavy (non-hydrogen) atoms. The average molecular weight is 459 g/mol. The molecule has 1 aliphatic rings. The molecule has 0 aliphatic carbocycles. The molecule has 3 rings (SSSR count). The fourth-order valence-corrected chi connectivity index (χ4v) is 5.35. The smallest absolute Gasteiger partial charge is 0.243 e. The maximum Gasteiger partial charge on any atom is 0.243 e. The maximum absolute atomic E-state index is 13.8. The number of hydrogen-bond donors (Lipinski definition) is 2. The monoisotopic (exact) mass is 459 g/mol. The zero-order valence-electron chi connectivity index (χ0n) is 15.8. The highest BCUT2D eigenvalue weighted by atomic mass is 32.2. The second-order valence-electron chi connectivity index (χ2n) is 6.79. The Hall–Kier alpha value is -2.57. The normalized spacial score (nSPS) is 17.6. The van der Waals surface area contributed by atoms with Crippen molar-refractivity contribution in [1.29, 1.82) is 0 Å². The third kappa shape index (κ3) is 4.94. The van der Waals surface area contributed by atoms with Crippen LogP contribution in [0.4, 0.5) is 20.2 Å². The number of anilines is 2. The van der Waals surface area contributed by atoms with Crippen molar-refractivity contribution >= 4 is 37.3 Å². The molecule has 1 amide bonds. The predicted molar refractivity (Wildman–Crippen MR) is 107 cm³/mol. The summed E-state index contributed by atoms with van der Waals surface area (Å²) in [7, 11) is -7.77. The van der Waals surface area contributed by atoms with Crippen molar-refractivity contribution in [2.24, 2.45) is 0 Å². The molecule has 0 unspecified atom stereocenters. The van der Waals surface area contributed by atoms with E-state index in [2.05, 4.69) is 5.32 Å². The minimum atomic E-state index is -4.03. The first kappa shape index (κ1) is 22.1. The molecule has 2 aromatic rings. The van der Waals surface area contributed by atoms with Crippen molar-refractivity contribution in [1.82, 2.24) is 4.31 Å². The lowest BCUT2D eigenvalue weighted by molar-refractivity contribution is -0.119. The Balaban J connectivity index is 1.81. The Bertz CT molecular complexity index is 1170. The van der Waals surface area contributed by atoms with Crippen LogP contribution < -0.4 is 10.0 Å². The summed E-state index contributed by atoms with van der Waals surface area (Å²) in [5.74, 6) is -2.06. The van der Waals surface area contributed by atoms with Gasteiger partial charge >= 0.3 is 0 Å². The summed E-state index contributed by atoms with van der Waals surface area (Å²) in [4.78, 5) is 12.6. The molecule has 0 aromatic heterocycles. The molecule has 12 heteroatoms. The molecular weight excluding hydrogens is 440 g/mol. The van der Waals surface area contributed by atoms with Crippen LogP contribution in [0.1, 0.15) is 12.8 Å². The molecule has 1 atom stereocenters. The topological polar surface area (TPSA) is 113 Å². The molecular formula is C18H19F2N3O5S2. The molecule has 1 aliphatic heterocycles. The van der Waals surface area contributed by atoms with Crippen molar-refractivity contribution in [3.8, 4) is 0 Å². The molecule has 1 fully saturated rings. The number of sulfonamides is 2. The quantitative estimate of drug-likeness (QED) is 0.687. The maximum atomic E-state index is 13.8. The number of carbonyl (C=O) groups excluding carboxylic acids is 1. The number of carbonyl (C=O) groups is 1. The van der Waals surface area contributed by atoms with Crippen molar-refractivity contribution < 1.29 is 30.4 Å². The predicted octanol–water partition coefficient (Wildman–Crippen LogP) is 2.13. The van der Waals surface area contributed by atoms with Gasteiger partial charge in [-0.3, -0.25) is 9.52 Å². The number of halogens is 2. The van der Waals surface area contributed by atoms with E-state index in [-0.39, 0.29) is 29.2 Å². The molecule has 2 N–H and O–H groups in total. The van der Waals surface area contributed by atoms with Crippen molar-refractivity contribution in [2.75, 3.05) is 22.8 Å². The second-order valence-corrected chi connectivity index (χ2v) is 10.4. The van der Waals surface area contributed by atoms with Gasteiger partial charge in [-0.15, -0.1) is 0 Å². The van der Waals surface area contributed by atoms with Gasteiger partial charge in [-0.1, -0.05) is 0 Å². The summed E-state index contributed by atoms with van der Waals surface area (Å²) < 4.78 is 78.4. The van der Waals surface area contributed by atoms with Crippen LogP contribution in [-0.4, -0.2) is 45.9 Å². The molecule has 1 saturated heterocycles. The Labute approximate surface area is 173 Å². The lowest BCUT2D eigenvalue weighted by atomic mass is 10.2. The third-order valence-electron chi connectivity index (χ3n) is 4.46. The van der Waals surface area contributed by atoms with Gasteiger partial charge in [0, 0.05) is 12.2 Å². The van der Waals surface area contributed by atoms with E-state index in [1.807, 2.05) is 4.72 Å². The minimum absolute atomic E-state index is 0.0959. The van der Waals surface area contributed by atoms with E-state index in [1.54, 1.807) is 0 Å². The Kier molecular flexibility index (Phi) is 6.11. The molecule has 0 saturated carbocycles. The molecule has 2 aromatic carbocycles. The first-order valence-electron chi connectivity index (χ1n) is 8.83. The third-order valence-corrected chi connectivity index (χ3v) is 6.97. The van der Waals surface area contributed by atoms with E-state index in [4.69, 9.17) is 0 Å². The Morgan fingerprint density at radius 3 is 2.37 bits per heavy atom. The van der Waals surface area contributed by atoms with E-state index in [9.17, 15) is 30.4 Å². The van der Waals surface area contributed by atoms with Crippen LogP contribution in [0.5, 0.6) is 0 Å². The van der Waals surface area contributed by atoms with Crippen LogP contribution >= 0.6 is 0 Å². The fourth-order valence-electron chi connectivity index (χ4n) is 3.14. The van der Waals surface area contributed by atoms with Crippen molar-refractivity contribution in [3.05, 3.63) is 54.1 Å². The van der Waals surface area contributed by atoms with E-state index in [1.165, 1.54) is 6.07 Å². The zero-order chi connectivity index (χ0) is 22.1. The summed E-state index contributed by atoms with van der Waals surface area (Å²) in [5, 5.41) is 2.49. The van der Waals surface area contributed by atoms with Crippen LogP contribution in [0, 0.1) is 11.6 Å². The molecule has 162 valence electrons. The Morgan fingerprint density at radius 2 is 1.73 bits per heavy atom. The zero-order valence-corrected chi connectivity index (χ0v) is 17.4. The van der Waals surface area contributed by atoms with Gasteiger partial charge in [-0.25, -0.2) is 25.6 Å². The van der Waals surface area contributed by atoms with Gasteiger partial charge in [-0.2, -0.15) is 4.31 Å². The fraction of sp³-hybridized carbons (Fsp3) is 0.278. The SMILES string of the molecule is CS(=O)(=O)Nc1cc(NC(=O)[C@H]2CCCN2S(=O)(=O)c2ccc(F)cc2)ccc1F. The van der Waals surface area contributed by atoms with Crippen LogP contribution in [-0.2, 0) is 24.8 Å². The van der Waals surface area contributed by atoms with Crippen molar-refractivity contribution in [2.45, 2.75) is 23.8 Å². The average Bonchev–Trinajstić information content (AvgIpc) is 3.14. The van der Waals surface area contributed by atoms with Gasteiger partial charge in [0.2, 0.25) is 26.0 Å². The van der Waals surface area contributed by atoms with Gasteiger partial charge in [0.05, 0.1) is 16.8 Å². The molecule has 8 nitrogen and oxygen atoms in total. The summed E-state index contributed by atoms with van der Waals surface area (Å²) in [6, 6.07) is 6.58. The van der Waals surface area contributed by atoms with Crippen LogP contribution in [0.3, 0.4) is 0 Å². The Morgan fingerprint density at radius 1 is 1.07 bits per heavy atom. The summed E-state index contributed by atoms with van der Waals surface area (Å²) in [6.07, 6.45) is 1.57. The van der Waals surface area contributed by atoms with E-state index in [0.717, 1.165) is 47.0 Å². The lowest BCUT2D eigenvalue weighted by Gasteiger charge is -2.23. The second kappa shape index (κ2) is 8.28. The molecule has 0 radical (unpaired) electrons. The number of rotatable bonds is 6. The molecule has 0 bridgehead atoms. The van der Waals surface area contributed by atoms with E-state index < -0.39 is 43.6 Å². The van der Waals surface area contributed by atoms with Crippen molar-refractivity contribution in [3.63, 3.8) is 0 Å². The minimum Gasteiger partial charge on any atom is -0.325 e. The number of hydrogen-bond acceptors (Lipinski definition) is 5. The van der Waals surface area contributed by atoms with Gasteiger partial charge in [0.25, 0.3) is 0 Å². The number of amides is 1. The van der Waals surface area contributed by atoms with Gasteiger partial charge in [0.1, 0.15) is 17.7 Å². The molecule has 0 spiro atoms. The first-order valence-corrected chi connectivity index (χ1v) is 12.2. The highest BCUT2D eigenvalue weighted by Crippen LogP contribution is 2.28. The summed E-state index contributed by atoms with van der Waals surface area (Å²) in [5.41, 5.74) is -0.254. The summed E-state index contributed by atoms with van der Waals surface area (Å²) >= 11 is 0. The lowest BCUT2D eigenvalue weighted by Crippen LogP contribution is -2.43. The molecule has 1 heterocycles. The van der Waals surface area contributed by atoms with Crippen LogP contribution in [0.2, 0.25) is 0 Å². The number of benzene rings is 2.